The van der Waals surface area contributed by atoms with Crippen molar-refractivity contribution < 1.29 is 8.42 Å². The molecule has 0 aliphatic carbocycles. The molecule has 3 rings (SSSR count). The summed E-state index contributed by atoms with van der Waals surface area (Å²) in [4.78, 5) is 0.464. The van der Waals surface area contributed by atoms with Crippen molar-refractivity contribution in [1.29, 1.82) is 0 Å². The molecule has 3 atom stereocenters. The number of rotatable bonds is 5. The van der Waals surface area contributed by atoms with E-state index in [1.807, 2.05) is 39.8 Å². The fourth-order valence-electron chi connectivity index (χ4n) is 4.45. The van der Waals surface area contributed by atoms with Crippen LogP contribution in [-0.2, 0) is 10.0 Å². The Morgan fingerprint density at radius 2 is 1.50 bits per heavy atom. The van der Waals surface area contributed by atoms with Gasteiger partial charge < -0.3 is 0 Å². The highest BCUT2D eigenvalue weighted by atomic mass is 32.2. The van der Waals surface area contributed by atoms with Crippen LogP contribution < -0.4 is 0 Å². The van der Waals surface area contributed by atoms with E-state index in [0.29, 0.717) is 4.90 Å². The first-order valence-electron chi connectivity index (χ1n) is 9.94. The van der Waals surface area contributed by atoms with Crippen LogP contribution in [0.15, 0.2) is 47.4 Å². The molecule has 0 amide bonds. The summed E-state index contributed by atoms with van der Waals surface area (Å²) in [5.74, 6) is 0.242. The standard InChI is InChI=1S/C24H31NO2S/c1-8-21(20-11-9-16(4)10-12-20)23-22(15(2)3)25(23)28(26,27)24-18(6)13-17(5)14-19(24)7/h8-15,22-23H,1-7H3/b21-8+/t22-,23+,25?/m0/s1. The Hall–Kier alpha value is -1.91. The monoisotopic (exact) mass is 397 g/mol. The highest BCUT2D eigenvalue weighted by Gasteiger charge is 2.58. The van der Waals surface area contributed by atoms with Crippen LogP contribution in [0.25, 0.3) is 5.57 Å². The fourth-order valence-corrected chi connectivity index (χ4v) is 6.76. The van der Waals surface area contributed by atoms with Crippen LogP contribution in [0.2, 0.25) is 0 Å². The summed E-state index contributed by atoms with van der Waals surface area (Å²) in [7, 11) is -3.57. The number of nitrogens with zero attached hydrogens (tertiary/aromatic N) is 1. The Bertz CT molecular complexity index is 994. The Labute approximate surface area is 170 Å². The highest BCUT2D eigenvalue weighted by molar-refractivity contribution is 7.89. The van der Waals surface area contributed by atoms with Gasteiger partial charge in [0.1, 0.15) is 0 Å². The van der Waals surface area contributed by atoms with E-state index >= 15 is 0 Å². The van der Waals surface area contributed by atoms with Gasteiger partial charge in [0, 0.05) is 6.04 Å². The molecule has 1 aliphatic heterocycles. The van der Waals surface area contributed by atoms with E-state index in [2.05, 4.69) is 51.1 Å². The average molecular weight is 398 g/mol. The smallest absolute Gasteiger partial charge is 0.207 e. The van der Waals surface area contributed by atoms with Crippen molar-refractivity contribution in [3.63, 3.8) is 0 Å². The minimum Gasteiger partial charge on any atom is -0.207 e. The van der Waals surface area contributed by atoms with E-state index in [0.717, 1.165) is 27.8 Å². The first-order valence-corrected chi connectivity index (χ1v) is 11.4. The number of hydrogen-bond acceptors (Lipinski definition) is 2. The summed E-state index contributed by atoms with van der Waals surface area (Å²) in [6.07, 6.45) is 2.06. The van der Waals surface area contributed by atoms with Gasteiger partial charge in [0.05, 0.1) is 10.9 Å². The van der Waals surface area contributed by atoms with Gasteiger partial charge in [-0.05, 0) is 62.8 Å². The van der Waals surface area contributed by atoms with Crippen LogP contribution in [0.1, 0.15) is 48.6 Å². The van der Waals surface area contributed by atoms with Crippen molar-refractivity contribution in [3.8, 4) is 0 Å². The Balaban J connectivity index is 2.07. The van der Waals surface area contributed by atoms with Crippen molar-refractivity contribution >= 4 is 15.6 Å². The lowest BCUT2D eigenvalue weighted by atomic mass is 9.96. The van der Waals surface area contributed by atoms with Gasteiger partial charge >= 0.3 is 0 Å². The molecule has 2 aromatic rings. The molecule has 0 radical (unpaired) electrons. The minimum absolute atomic E-state index is 0.0161. The van der Waals surface area contributed by atoms with E-state index in [-0.39, 0.29) is 18.0 Å². The third-order valence-electron chi connectivity index (χ3n) is 5.64. The third-order valence-corrected chi connectivity index (χ3v) is 7.83. The zero-order valence-corrected chi connectivity index (χ0v) is 18.8. The molecule has 1 fully saturated rings. The molecule has 1 aliphatic rings. The first kappa shape index (κ1) is 20.8. The molecule has 3 nitrogen and oxygen atoms in total. The Morgan fingerprint density at radius 1 is 0.964 bits per heavy atom. The van der Waals surface area contributed by atoms with Crippen LogP contribution in [-0.4, -0.2) is 24.8 Å². The van der Waals surface area contributed by atoms with Gasteiger partial charge in [-0.1, -0.05) is 67.4 Å². The minimum atomic E-state index is -3.57. The van der Waals surface area contributed by atoms with Crippen molar-refractivity contribution in [2.24, 2.45) is 5.92 Å². The molecule has 0 N–H and O–H groups in total. The van der Waals surface area contributed by atoms with Crippen molar-refractivity contribution in [1.82, 2.24) is 4.31 Å². The molecule has 2 aromatic carbocycles. The number of allylic oxidation sites excluding steroid dienone is 1. The van der Waals surface area contributed by atoms with Crippen LogP contribution in [0, 0.1) is 33.6 Å². The molecule has 1 heterocycles. The van der Waals surface area contributed by atoms with E-state index in [9.17, 15) is 8.42 Å². The van der Waals surface area contributed by atoms with Gasteiger partial charge in [0.2, 0.25) is 10.0 Å². The van der Waals surface area contributed by atoms with Gasteiger partial charge in [-0.15, -0.1) is 0 Å². The molecular weight excluding hydrogens is 366 g/mol. The predicted octanol–water partition coefficient (Wildman–Crippen LogP) is 5.42. The maximum absolute atomic E-state index is 13.7. The summed E-state index contributed by atoms with van der Waals surface area (Å²) in [5.41, 5.74) is 6.12. The zero-order valence-electron chi connectivity index (χ0n) is 17.9. The van der Waals surface area contributed by atoms with E-state index in [1.165, 1.54) is 5.56 Å². The number of aryl methyl sites for hydroxylation is 4. The van der Waals surface area contributed by atoms with E-state index < -0.39 is 10.0 Å². The molecule has 1 unspecified atom stereocenters. The highest BCUT2D eigenvalue weighted by Crippen LogP contribution is 2.47. The lowest BCUT2D eigenvalue weighted by Gasteiger charge is -2.15. The normalized spacial score (nSPS) is 22.6. The second-order valence-corrected chi connectivity index (χ2v) is 10.1. The zero-order chi connectivity index (χ0) is 20.8. The van der Waals surface area contributed by atoms with Gasteiger partial charge in [-0.2, -0.15) is 4.31 Å². The van der Waals surface area contributed by atoms with Gasteiger partial charge in [0.15, 0.2) is 0 Å². The van der Waals surface area contributed by atoms with Crippen LogP contribution in [0.4, 0.5) is 0 Å². The summed E-state index contributed by atoms with van der Waals surface area (Å²) < 4.78 is 29.1. The maximum Gasteiger partial charge on any atom is 0.244 e. The second kappa shape index (κ2) is 7.49. The number of sulfonamides is 1. The lowest BCUT2D eigenvalue weighted by Crippen LogP contribution is -2.20. The topological polar surface area (TPSA) is 37.1 Å². The largest absolute Gasteiger partial charge is 0.244 e. The lowest BCUT2D eigenvalue weighted by molar-refractivity contribution is 0.516. The van der Waals surface area contributed by atoms with Crippen LogP contribution in [0.3, 0.4) is 0 Å². The van der Waals surface area contributed by atoms with Crippen LogP contribution in [0.5, 0.6) is 0 Å². The molecular formula is C24H31NO2S. The molecule has 0 saturated carbocycles. The van der Waals surface area contributed by atoms with Crippen molar-refractivity contribution in [2.75, 3.05) is 0 Å². The SMILES string of the molecule is C/C=C(\c1ccc(C)cc1)[C@@H]1[C@H](C(C)C)N1S(=O)(=O)c1c(C)cc(C)cc1C. The van der Waals surface area contributed by atoms with Crippen LogP contribution >= 0.6 is 0 Å². The molecule has 0 bridgehead atoms. The third kappa shape index (κ3) is 3.56. The Kier molecular flexibility index (Phi) is 5.57. The summed E-state index contributed by atoms with van der Waals surface area (Å²) in [6, 6.07) is 12.1. The summed E-state index contributed by atoms with van der Waals surface area (Å²) in [5, 5.41) is 0. The molecule has 0 spiro atoms. The summed E-state index contributed by atoms with van der Waals surface area (Å²) in [6.45, 7) is 14.1. The van der Waals surface area contributed by atoms with E-state index in [4.69, 9.17) is 0 Å². The van der Waals surface area contributed by atoms with E-state index in [1.54, 1.807) is 4.31 Å². The number of benzene rings is 2. The van der Waals surface area contributed by atoms with Crippen molar-refractivity contribution in [2.45, 2.75) is 65.4 Å². The van der Waals surface area contributed by atoms with Gasteiger partial charge in [0.25, 0.3) is 0 Å². The molecule has 1 saturated heterocycles. The van der Waals surface area contributed by atoms with Gasteiger partial charge in [-0.25, -0.2) is 8.42 Å². The maximum atomic E-state index is 13.7. The molecule has 150 valence electrons. The first-order chi connectivity index (χ1) is 13.1. The Morgan fingerprint density at radius 3 is 1.96 bits per heavy atom. The second-order valence-electron chi connectivity index (χ2n) is 8.35. The quantitative estimate of drug-likeness (QED) is 0.632. The molecule has 4 heteroatoms. The summed E-state index contributed by atoms with van der Waals surface area (Å²) >= 11 is 0. The molecule has 28 heavy (non-hydrogen) atoms. The fraction of sp³-hybridized carbons (Fsp3) is 0.417. The average Bonchev–Trinajstić information content (AvgIpc) is 3.32. The molecule has 0 aromatic heterocycles. The van der Waals surface area contributed by atoms with Crippen molar-refractivity contribution in [3.05, 3.63) is 70.3 Å². The number of hydrogen-bond donors (Lipinski definition) is 0. The van der Waals surface area contributed by atoms with Gasteiger partial charge in [-0.3, -0.25) is 0 Å². The predicted molar refractivity (Wildman–Crippen MR) is 117 cm³/mol.